The number of rotatable bonds is 5. The molecular formula is C11H18N2O2. The summed E-state index contributed by atoms with van der Waals surface area (Å²) in [6, 6.07) is 0. The Kier molecular flexibility index (Phi) is 3.88. The molecular weight excluding hydrogens is 192 g/mol. The minimum absolute atomic E-state index is 0.0177. The molecule has 1 aromatic heterocycles. The number of nitrogens with zero attached hydrogens (tertiary/aromatic N) is 2. The van der Waals surface area contributed by atoms with Gasteiger partial charge in [0.2, 0.25) is 0 Å². The van der Waals surface area contributed by atoms with Gasteiger partial charge in [-0.3, -0.25) is 4.79 Å². The highest BCUT2D eigenvalue weighted by Gasteiger charge is 2.12. The van der Waals surface area contributed by atoms with Crippen LogP contribution in [0.2, 0.25) is 0 Å². The second kappa shape index (κ2) is 4.96. The minimum Gasteiger partial charge on any atom is -0.481 e. The standard InChI is InChI=1S/C11H18N2O2/c1-8(2)5-13-6-10(12-7-13)9(3)4-11(14)15/h6-9H,4-5H2,1-3H3,(H,14,15). The maximum Gasteiger partial charge on any atom is 0.304 e. The summed E-state index contributed by atoms with van der Waals surface area (Å²) in [5, 5.41) is 8.66. The van der Waals surface area contributed by atoms with Gasteiger partial charge in [-0.05, 0) is 5.92 Å². The molecule has 0 saturated heterocycles. The fourth-order valence-corrected chi connectivity index (χ4v) is 1.52. The first-order chi connectivity index (χ1) is 6.99. The highest BCUT2D eigenvalue weighted by Crippen LogP contribution is 2.16. The van der Waals surface area contributed by atoms with Gasteiger partial charge in [0, 0.05) is 18.7 Å². The van der Waals surface area contributed by atoms with Gasteiger partial charge in [0.1, 0.15) is 0 Å². The molecule has 1 atom stereocenters. The van der Waals surface area contributed by atoms with Crippen molar-refractivity contribution in [2.75, 3.05) is 0 Å². The number of hydrogen-bond donors (Lipinski definition) is 1. The summed E-state index contributed by atoms with van der Waals surface area (Å²) in [5.41, 5.74) is 0.859. The number of aromatic nitrogens is 2. The summed E-state index contributed by atoms with van der Waals surface area (Å²) in [5.74, 6) is -0.223. The molecule has 0 amide bonds. The van der Waals surface area contributed by atoms with Crippen LogP contribution in [0.25, 0.3) is 0 Å². The molecule has 1 aromatic rings. The van der Waals surface area contributed by atoms with E-state index in [1.165, 1.54) is 0 Å². The molecule has 0 aromatic carbocycles. The molecule has 0 radical (unpaired) electrons. The van der Waals surface area contributed by atoms with E-state index in [9.17, 15) is 4.79 Å². The Balaban J connectivity index is 2.62. The van der Waals surface area contributed by atoms with Crippen LogP contribution in [0.1, 0.15) is 38.8 Å². The first kappa shape index (κ1) is 11.8. The van der Waals surface area contributed by atoms with Gasteiger partial charge < -0.3 is 9.67 Å². The van der Waals surface area contributed by atoms with Gasteiger partial charge in [-0.25, -0.2) is 4.98 Å². The van der Waals surface area contributed by atoms with E-state index in [0.29, 0.717) is 5.92 Å². The summed E-state index contributed by atoms with van der Waals surface area (Å²) in [6.07, 6.45) is 3.85. The predicted octanol–water partition coefficient (Wildman–Crippen LogP) is 2.12. The number of hydrogen-bond acceptors (Lipinski definition) is 2. The Bertz CT molecular complexity index is 331. The molecule has 0 aliphatic heterocycles. The summed E-state index contributed by atoms with van der Waals surface area (Å²) in [7, 11) is 0. The monoisotopic (exact) mass is 210 g/mol. The number of carboxylic acid groups (broad SMARTS) is 1. The molecule has 0 fully saturated rings. The van der Waals surface area contributed by atoms with Crippen molar-refractivity contribution in [3.05, 3.63) is 18.2 Å². The Labute approximate surface area is 89.9 Å². The van der Waals surface area contributed by atoms with Crippen LogP contribution in [-0.2, 0) is 11.3 Å². The second-order valence-corrected chi connectivity index (χ2v) is 4.39. The molecule has 0 saturated carbocycles. The van der Waals surface area contributed by atoms with Gasteiger partial charge in [-0.15, -0.1) is 0 Å². The van der Waals surface area contributed by atoms with Crippen LogP contribution >= 0.6 is 0 Å². The van der Waals surface area contributed by atoms with E-state index >= 15 is 0 Å². The van der Waals surface area contributed by atoms with Crippen molar-refractivity contribution in [1.82, 2.24) is 9.55 Å². The van der Waals surface area contributed by atoms with Gasteiger partial charge in [0.15, 0.2) is 0 Å². The molecule has 4 nitrogen and oxygen atoms in total. The molecule has 4 heteroatoms. The van der Waals surface area contributed by atoms with Gasteiger partial charge >= 0.3 is 5.97 Å². The quantitative estimate of drug-likeness (QED) is 0.809. The molecule has 0 bridgehead atoms. The molecule has 0 aliphatic carbocycles. The van der Waals surface area contributed by atoms with Gasteiger partial charge in [0.05, 0.1) is 18.4 Å². The maximum absolute atomic E-state index is 10.5. The van der Waals surface area contributed by atoms with Crippen molar-refractivity contribution >= 4 is 5.97 Å². The lowest BCUT2D eigenvalue weighted by Gasteiger charge is -2.05. The molecule has 1 heterocycles. The van der Waals surface area contributed by atoms with E-state index in [0.717, 1.165) is 12.2 Å². The largest absolute Gasteiger partial charge is 0.481 e. The van der Waals surface area contributed by atoms with Gasteiger partial charge in [0.25, 0.3) is 0 Å². The van der Waals surface area contributed by atoms with E-state index in [-0.39, 0.29) is 12.3 Å². The number of imidazole rings is 1. The van der Waals surface area contributed by atoms with Crippen LogP contribution in [0.3, 0.4) is 0 Å². The van der Waals surface area contributed by atoms with Crippen LogP contribution in [0.5, 0.6) is 0 Å². The van der Waals surface area contributed by atoms with E-state index in [1.807, 2.05) is 17.7 Å². The van der Waals surface area contributed by atoms with Crippen LogP contribution in [-0.4, -0.2) is 20.6 Å². The average Bonchev–Trinajstić information content (AvgIpc) is 2.50. The molecule has 0 spiro atoms. The fraction of sp³-hybridized carbons (Fsp3) is 0.636. The lowest BCUT2D eigenvalue weighted by atomic mass is 10.1. The SMILES string of the molecule is CC(C)Cn1cnc(C(C)CC(=O)O)c1. The van der Waals surface area contributed by atoms with Crippen molar-refractivity contribution < 1.29 is 9.90 Å². The van der Waals surface area contributed by atoms with Crippen molar-refractivity contribution in [1.29, 1.82) is 0 Å². The van der Waals surface area contributed by atoms with E-state index in [2.05, 4.69) is 18.8 Å². The fourth-order valence-electron chi connectivity index (χ4n) is 1.52. The van der Waals surface area contributed by atoms with Gasteiger partial charge in [-0.1, -0.05) is 20.8 Å². The highest BCUT2D eigenvalue weighted by atomic mass is 16.4. The summed E-state index contributed by atoms with van der Waals surface area (Å²) in [4.78, 5) is 14.8. The van der Waals surface area contributed by atoms with E-state index in [4.69, 9.17) is 5.11 Å². The van der Waals surface area contributed by atoms with Crippen molar-refractivity contribution in [2.24, 2.45) is 5.92 Å². The smallest absolute Gasteiger partial charge is 0.304 e. The summed E-state index contributed by atoms with van der Waals surface area (Å²) >= 11 is 0. The lowest BCUT2D eigenvalue weighted by molar-refractivity contribution is -0.137. The van der Waals surface area contributed by atoms with E-state index < -0.39 is 5.97 Å². The third-order valence-corrected chi connectivity index (χ3v) is 2.21. The average molecular weight is 210 g/mol. The zero-order chi connectivity index (χ0) is 11.4. The molecule has 15 heavy (non-hydrogen) atoms. The van der Waals surface area contributed by atoms with Crippen molar-refractivity contribution in [3.8, 4) is 0 Å². The first-order valence-corrected chi connectivity index (χ1v) is 5.22. The van der Waals surface area contributed by atoms with Crippen molar-refractivity contribution in [3.63, 3.8) is 0 Å². The normalized spacial score (nSPS) is 13.1. The topological polar surface area (TPSA) is 55.1 Å². The van der Waals surface area contributed by atoms with E-state index in [1.54, 1.807) is 6.33 Å². The molecule has 1 unspecified atom stereocenters. The lowest BCUT2D eigenvalue weighted by Crippen LogP contribution is -2.04. The Morgan fingerprint density at radius 3 is 2.73 bits per heavy atom. The minimum atomic E-state index is -0.777. The first-order valence-electron chi connectivity index (χ1n) is 5.22. The number of carboxylic acids is 1. The molecule has 1 N–H and O–H groups in total. The zero-order valence-electron chi connectivity index (χ0n) is 9.47. The highest BCUT2D eigenvalue weighted by molar-refractivity contribution is 5.67. The van der Waals surface area contributed by atoms with Crippen LogP contribution < -0.4 is 0 Å². The van der Waals surface area contributed by atoms with Crippen LogP contribution in [0.4, 0.5) is 0 Å². The maximum atomic E-state index is 10.5. The van der Waals surface area contributed by atoms with Crippen molar-refractivity contribution in [2.45, 2.75) is 39.7 Å². The Hall–Kier alpha value is -1.32. The second-order valence-electron chi connectivity index (χ2n) is 4.39. The zero-order valence-corrected chi connectivity index (χ0v) is 9.47. The van der Waals surface area contributed by atoms with Crippen LogP contribution in [0.15, 0.2) is 12.5 Å². The molecule has 84 valence electrons. The van der Waals surface area contributed by atoms with Gasteiger partial charge in [-0.2, -0.15) is 0 Å². The Morgan fingerprint density at radius 2 is 2.20 bits per heavy atom. The summed E-state index contributed by atoms with van der Waals surface area (Å²) < 4.78 is 2.01. The third kappa shape index (κ3) is 3.73. The molecule has 0 aliphatic rings. The van der Waals surface area contributed by atoms with Crippen LogP contribution in [0, 0.1) is 5.92 Å². The number of aliphatic carboxylic acids is 1. The summed E-state index contributed by atoms with van der Waals surface area (Å²) in [6.45, 7) is 7.09. The third-order valence-electron chi connectivity index (χ3n) is 2.21. The molecule has 1 rings (SSSR count). The Morgan fingerprint density at radius 1 is 1.53 bits per heavy atom. The number of carbonyl (C=O) groups is 1. The predicted molar refractivity (Wildman–Crippen MR) is 57.7 cm³/mol.